The van der Waals surface area contributed by atoms with Crippen LogP contribution in [-0.2, 0) is 11.3 Å². The number of nitrogens with one attached hydrogen (secondary N) is 1. The van der Waals surface area contributed by atoms with Crippen molar-refractivity contribution in [2.24, 2.45) is 0 Å². The predicted molar refractivity (Wildman–Crippen MR) is 66.0 cm³/mol. The molecule has 0 aliphatic carbocycles. The Hall–Kier alpha value is -2.10. The maximum atomic E-state index is 11.9. The molecule has 4 nitrogen and oxygen atoms in total. The zero-order valence-corrected chi connectivity index (χ0v) is 9.86. The Kier molecular flexibility index (Phi) is 2.95. The van der Waals surface area contributed by atoms with Crippen molar-refractivity contribution in [1.29, 1.82) is 0 Å². The summed E-state index contributed by atoms with van der Waals surface area (Å²) in [7, 11) is 1.46. The van der Waals surface area contributed by atoms with Gasteiger partial charge in [0.25, 0.3) is 11.7 Å². The lowest BCUT2D eigenvalue weighted by molar-refractivity contribution is -0.116. The first-order valence-corrected chi connectivity index (χ1v) is 5.53. The quantitative estimate of drug-likeness (QED) is 0.643. The number of likely N-dealkylation sites (N-methyl/N-ethyl adjacent to an activating group) is 1. The molecule has 1 N–H and O–H groups in total. The topological polar surface area (TPSA) is 51.1 Å². The Labute approximate surface area is 99.2 Å². The molecule has 0 saturated heterocycles. The van der Waals surface area contributed by atoms with Gasteiger partial charge < -0.3 is 9.88 Å². The molecule has 0 radical (unpaired) electrons. The van der Waals surface area contributed by atoms with E-state index in [4.69, 9.17) is 0 Å². The molecular formula is C13H14N2O2. The van der Waals surface area contributed by atoms with Gasteiger partial charge in [-0.3, -0.25) is 9.59 Å². The van der Waals surface area contributed by atoms with Crippen molar-refractivity contribution in [3.8, 4) is 0 Å². The standard InChI is InChI=1S/C13H14N2O2/c1-3-15-8-10(12(16)13(17)14-2)9-6-4-5-7-11(9)15/h4-8H,3H2,1-2H3,(H,14,17). The first-order chi connectivity index (χ1) is 8.19. The first kappa shape index (κ1) is 11.4. The Morgan fingerprint density at radius 2 is 2.00 bits per heavy atom. The highest BCUT2D eigenvalue weighted by Crippen LogP contribution is 2.21. The molecule has 0 atom stereocenters. The van der Waals surface area contributed by atoms with Gasteiger partial charge in [-0.1, -0.05) is 18.2 Å². The molecule has 17 heavy (non-hydrogen) atoms. The summed E-state index contributed by atoms with van der Waals surface area (Å²) in [4.78, 5) is 23.3. The lowest BCUT2D eigenvalue weighted by Gasteiger charge is -1.97. The molecule has 1 amide bonds. The summed E-state index contributed by atoms with van der Waals surface area (Å²) in [5.41, 5.74) is 1.43. The number of para-hydroxylation sites is 1. The van der Waals surface area contributed by atoms with E-state index in [2.05, 4.69) is 5.32 Å². The summed E-state index contributed by atoms with van der Waals surface area (Å²) in [6.45, 7) is 2.77. The van der Waals surface area contributed by atoms with Crippen molar-refractivity contribution in [3.63, 3.8) is 0 Å². The van der Waals surface area contributed by atoms with Crippen molar-refractivity contribution < 1.29 is 9.59 Å². The van der Waals surface area contributed by atoms with Crippen LogP contribution in [0.4, 0.5) is 0 Å². The molecule has 1 aromatic heterocycles. The number of amides is 1. The van der Waals surface area contributed by atoms with E-state index in [1.807, 2.05) is 35.8 Å². The molecule has 4 heteroatoms. The number of aryl methyl sites for hydroxylation is 1. The molecule has 0 spiro atoms. The van der Waals surface area contributed by atoms with Crippen LogP contribution < -0.4 is 5.32 Å². The number of nitrogens with zero attached hydrogens (tertiary/aromatic N) is 1. The number of hydrogen-bond donors (Lipinski definition) is 1. The highest BCUT2D eigenvalue weighted by Gasteiger charge is 2.19. The molecular weight excluding hydrogens is 216 g/mol. The zero-order valence-electron chi connectivity index (χ0n) is 9.86. The van der Waals surface area contributed by atoms with Crippen molar-refractivity contribution >= 4 is 22.6 Å². The second kappa shape index (κ2) is 4.41. The maximum absolute atomic E-state index is 11.9. The summed E-state index contributed by atoms with van der Waals surface area (Å²) < 4.78 is 1.96. The average molecular weight is 230 g/mol. The van der Waals surface area contributed by atoms with Gasteiger partial charge in [0.15, 0.2) is 0 Å². The minimum absolute atomic E-state index is 0.460. The highest BCUT2D eigenvalue weighted by atomic mass is 16.2. The van der Waals surface area contributed by atoms with Gasteiger partial charge in [0, 0.05) is 30.7 Å². The SMILES string of the molecule is CCn1cc(C(=O)C(=O)NC)c2ccccc21. The lowest BCUT2D eigenvalue weighted by atomic mass is 10.1. The highest BCUT2D eigenvalue weighted by molar-refractivity contribution is 6.44. The minimum atomic E-state index is -0.580. The predicted octanol–water partition coefficient (Wildman–Crippen LogP) is 1.59. The van der Waals surface area contributed by atoms with E-state index in [0.717, 1.165) is 17.4 Å². The molecule has 88 valence electrons. The van der Waals surface area contributed by atoms with Crippen molar-refractivity contribution in [2.45, 2.75) is 13.5 Å². The Bertz CT molecular complexity index is 584. The van der Waals surface area contributed by atoms with E-state index < -0.39 is 11.7 Å². The van der Waals surface area contributed by atoms with E-state index in [1.54, 1.807) is 6.20 Å². The first-order valence-electron chi connectivity index (χ1n) is 5.53. The minimum Gasteiger partial charge on any atom is -0.352 e. The Morgan fingerprint density at radius 1 is 1.29 bits per heavy atom. The van der Waals surface area contributed by atoms with Gasteiger partial charge in [-0.25, -0.2) is 0 Å². The van der Waals surface area contributed by atoms with Crippen LogP contribution in [0.3, 0.4) is 0 Å². The number of hydrogen-bond acceptors (Lipinski definition) is 2. The summed E-state index contributed by atoms with van der Waals surface area (Å²) in [5, 5.41) is 3.18. The van der Waals surface area contributed by atoms with Crippen molar-refractivity contribution in [1.82, 2.24) is 9.88 Å². The van der Waals surface area contributed by atoms with Crippen molar-refractivity contribution in [3.05, 3.63) is 36.0 Å². The Morgan fingerprint density at radius 3 is 2.65 bits per heavy atom. The van der Waals surface area contributed by atoms with Gasteiger partial charge in [0.1, 0.15) is 0 Å². The fourth-order valence-corrected chi connectivity index (χ4v) is 1.93. The average Bonchev–Trinajstić information content (AvgIpc) is 2.75. The number of ketones is 1. The monoisotopic (exact) mass is 230 g/mol. The fraction of sp³-hybridized carbons (Fsp3) is 0.231. The molecule has 0 unspecified atom stereocenters. The number of Topliss-reactive ketones (excluding diaryl/α,β-unsaturated/α-hetero) is 1. The summed E-state index contributed by atoms with van der Waals surface area (Å²) >= 11 is 0. The smallest absolute Gasteiger partial charge is 0.292 e. The van der Waals surface area contributed by atoms with Gasteiger partial charge >= 0.3 is 0 Å². The molecule has 0 saturated carbocycles. The Balaban J connectivity index is 2.62. The lowest BCUT2D eigenvalue weighted by Crippen LogP contribution is -2.27. The number of aromatic nitrogens is 1. The van der Waals surface area contributed by atoms with E-state index in [-0.39, 0.29) is 0 Å². The molecule has 0 bridgehead atoms. The number of carbonyl (C=O) groups excluding carboxylic acids is 2. The van der Waals surface area contributed by atoms with Crippen LogP contribution >= 0.6 is 0 Å². The third-order valence-electron chi connectivity index (χ3n) is 2.81. The molecule has 0 aliphatic heterocycles. The number of rotatable bonds is 3. The summed E-state index contributed by atoms with van der Waals surface area (Å²) in [6.07, 6.45) is 1.74. The van der Waals surface area contributed by atoms with Gasteiger partial charge in [-0.2, -0.15) is 0 Å². The van der Waals surface area contributed by atoms with Gasteiger partial charge in [-0.15, -0.1) is 0 Å². The zero-order chi connectivity index (χ0) is 12.4. The number of benzene rings is 1. The van der Waals surface area contributed by atoms with Crippen LogP contribution in [0.1, 0.15) is 17.3 Å². The van der Waals surface area contributed by atoms with Crippen molar-refractivity contribution in [2.75, 3.05) is 7.05 Å². The molecule has 0 aliphatic rings. The number of fused-ring (bicyclic) bond motifs is 1. The molecule has 1 aromatic carbocycles. The molecule has 2 aromatic rings. The van der Waals surface area contributed by atoms with E-state index >= 15 is 0 Å². The van der Waals surface area contributed by atoms with Crippen LogP contribution in [0.15, 0.2) is 30.5 Å². The second-order valence-electron chi connectivity index (χ2n) is 3.75. The molecule has 0 fully saturated rings. The van der Waals surface area contributed by atoms with Crippen LogP contribution in [0, 0.1) is 0 Å². The van der Waals surface area contributed by atoms with E-state index in [0.29, 0.717) is 5.56 Å². The maximum Gasteiger partial charge on any atom is 0.292 e. The molecule has 2 rings (SSSR count). The second-order valence-corrected chi connectivity index (χ2v) is 3.75. The normalized spacial score (nSPS) is 10.5. The molecule has 1 heterocycles. The fourth-order valence-electron chi connectivity index (χ4n) is 1.93. The van der Waals surface area contributed by atoms with Gasteiger partial charge in [0.2, 0.25) is 0 Å². The van der Waals surface area contributed by atoms with Crippen LogP contribution in [-0.4, -0.2) is 23.3 Å². The third-order valence-corrected chi connectivity index (χ3v) is 2.81. The van der Waals surface area contributed by atoms with E-state index in [1.165, 1.54) is 7.05 Å². The summed E-state index contributed by atoms with van der Waals surface area (Å²) in [5.74, 6) is -1.07. The van der Waals surface area contributed by atoms with Crippen LogP contribution in [0.25, 0.3) is 10.9 Å². The van der Waals surface area contributed by atoms with Gasteiger partial charge in [-0.05, 0) is 13.0 Å². The summed E-state index contributed by atoms with van der Waals surface area (Å²) in [6, 6.07) is 7.59. The van der Waals surface area contributed by atoms with Crippen LogP contribution in [0.5, 0.6) is 0 Å². The third kappa shape index (κ3) is 1.82. The largest absolute Gasteiger partial charge is 0.352 e. The number of carbonyl (C=O) groups is 2. The van der Waals surface area contributed by atoms with Crippen LogP contribution in [0.2, 0.25) is 0 Å². The van der Waals surface area contributed by atoms with E-state index in [9.17, 15) is 9.59 Å². The van der Waals surface area contributed by atoms with Gasteiger partial charge in [0.05, 0.1) is 5.56 Å².